The molecule has 2 heterocycles. The van der Waals surface area contributed by atoms with Gasteiger partial charge in [0.15, 0.2) is 5.78 Å². The van der Waals surface area contributed by atoms with Crippen LogP contribution in [-0.2, 0) is 11.2 Å². The van der Waals surface area contributed by atoms with E-state index in [0.717, 1.165) is 44.6 Å². The van der Waals surface area contributed by atoms with Crippen LogP contribution < -0.4 is 9.97 Å². The molecule has 1 saturated carbocycles. The molecule has 1 aromatic carbocycles. The van der Waals surface area contributed by atoms with Crippen LogP contribution >= 0.6 is 0 Å². The number of carbonyl (C=O) groups is 2. The van der Waals surface area contributed by atoms with Crippen LogP contribution in [0.4, 0.5) is 0 Å². The molecule has 1 atom stereocenters. The molecule has 2 fully saturated rings. The summed E-state index contributed by atoms with van der Waals surface area (Å²) in [4.78, 5) is 27.2. The number of benzene rings is 1. The van der Waals surface area contributed by atoms with Gasteiger partial charge in [-0.15, -0.1) is 0 Å². The van der Waals surface area contributed by atoms with E-state index < -0.39 is 7.12 Å². The van der Waals surface area contributed by atoms with Crippen molar-refractivity contribution in [1.82, 2.24) is 10.2 Å². The Morgan fingerprint density at radius 2 is 1.90 bits per heavy atom. The largest absolute Gasteiger partial charge is 0.535 e. The molecular weight excluding hydrogens is 379 g/mol. The predicted octanol–water partition coefficient (Wildman–Crippen LogP) is 2.49. The number of Topliss-reactive ketones (excluding diaryl/α,β-unsaturated/α-hetero) is 2. The fraction of sp³-hybridized carbons (Fsp3) is 0.652. The lowest BCUT2D eigenvalue weighted by molar-refractivity contribution is -0.120. The molecule has 0 bridgehead atoms. The Bertz CT molecular complexity index is 772. The third-order valence-electron chi connectivity index (χ3n) is 7.09. The first-order chi connectivity index (χ1) is 14.5. The van der Waals surface area contributed by atoms with Gasteiger partial charge >= 0.3 is 7.12 Å². The molecule has 30 heavy (non-hydrogen) atoms. The molecule has 7 heteroatoms. The maximum Gasteiger partial charge on any atom is 0.526 e. The molecule has 0 amide bonds. The van der Waals surface area contributed by atoms with Crippen molar-refractivity contribution in [2.75, 3.05) is 26.2 Å². The van der Waals surface area contributed by atoms with Crippen molar-refractivity contribution in [3.63, 3.8) is 0 Å². The standard InChI is InChI=1S/C23H33BN2O4/c1-16(27)22-4-2-3-18-14-19(24(29)30-23(18)22)15-21(28)13-17-5-7-20(8-6-17)26-11-9-25-10-12-26/h2-4,17,19-20,25,29H,5-15H2,1H3/t17?,19-,20?/m1/s1. The summed E-state index contributed by atoms with van der Waals surface area (Å²) < 4.78 is 5.68. The highest BCUT2D eigenvalue weighted by molar-refractivity contribution is 6.47. The lowest BCUT2D eigenvalue weighted by atomic mass is 9.64. The summed E-state index contributed by atoms with van der Waals surface area (Å²) in [7, 11) is -1.04. The Labute approximate surface area is 179 Å². The van der Waals surface area contributed by atoms with E-state index in [0.29, 0.717) is 42.5 Å². The smallest absolute Gasteiger partial charge is 0.526 e. The fourth-order valence-electron chi connectivity index (χ4n) is 5.39. The highest BCUT2D eigenvalue weighted by Crippen LogP contribution is 2.37. The van der Waals surface area contributed by atoms with Gasteiger partial charge in [0.1, 0.15) is 11.5 Å². The fourth-order valence-corrected chi connectivity index (χ4v) is 5.39. The topological polar surface area (TPSA) is 78.9 Å². The zero-order valence-corrected chi connectivity index (χ0v) is 17.9. The minimum atomic E-state index is -1.04. The Morgan fingerprint density at radius 3 is 2.60 bits per heavy atom. The van der Waals surface area contributed by atoms with Crippen LogP contribution in [0.5, 0.6) is 5.75 Å². The SMILES string of the molecule is CC(=O)c1cccc2c1OB(O)[C@@H](CC(=O)CC1CCC(N3CCNCC3)CC1)C2. The van der Waals surface area contributed by atoms with E-state index >= 15 is 0 Å². The van der Waals surface area contributed by atoms with Crippen LogP contribution in [0.25, 0.3) is 0 Å². The second-order valence-electron chi connectivity index (χ2n) is 9.23. The van der Waals surface area contributed by atoms with Gasteiger partial charge in [-0.05, 0) is 56.6 Å². The molecule has 0 aromatic heterocycles. The quantitative estimate of drug-likeness (QED) is 0.552. The van der Waals surface area contributed by atoms with E-state index in [1.807, 2.05) is 12.1 Å². The van der Waals surface area contributed by atoms with Crippen LogP contribution in [0.15, 0.2) is 18.2 Å². The summed E-state index contributed by atoms with van der Waals surface area (Å²) in [6.45, 7) is 5.95. The van der Waals surface area contributed by atoms with E-state index in [4.69, 9.17) is 4.65 Å². The average molecular weight is 412 g/mol. The highest BCUT2D eigenvalue weighted by atomic mass is 16.5. The maximum absolute atomic E-state index is 12.8. The van der Waals surface area contributed by atoms with Gasteiger partial charge in [0, 0.05) is 50.9 Å². The number of hydrogen-bond acceptors (Lipinski definition) is 6. The second kappa shape index (κ2) is 9.63. The first-order valence-corrected chi connectivity index (χ1v) is 11.4. The number of fused-ring (bicyclic) bond motifs is 1. The minimum Gasteiger partial charge on any atom is -0.535 e. The Morgan fingerprint density at radius 1 is 1.17 bits per heavy atom. The number of hydrogen-bond donors (Lipinski definition) is 2. The maximum atomic E-state index is 12.8. The summed E-state index contributed by atoms with van der Waals surface area (Å²) in [6, 6.07) is 6.16. The molecule has 0 radical (unpaired) electrons. The summed E-state index contributed by atoms with van der Waals surface area (Å²) in [6.07, 6.45) is 6.13. The Balaban J connectivity index is 1.27. The minimum absolute atomic E-state index is 0.0787. The predicted molar refractivity (Wildman–Crippen MR) is 117 cm³/mol. The van der Waals surface area contributed by atoms with Crippen LogP contribution in [0.2, 0.25) is 5.82 Å². The Kier molecular flexibility index (Phi) is 6.91. The van der Waals surface area contributed by atoms with E-state index in [-0.39, 0.29) is 17.4 Å². The first kappa shape index (κ1) is 21.5. The van der Waals surface area contributed by atoms with E-state index in [9.17, 15) is 14.6 Å². The molecular formula is C23H33BN2O4. The van der Waals surface area contributed by atoms with E-state index in [1.54, 1.807) is 6.07 Å². The van der Waals surface area contributed by atoms with Gasteiger partial charge in [-0.25, -0.2) is 0 Å². The number of rotatable bonds is 6. The van der Waals surface area contributed by atoms with Crippen LogP contribution in [0, 0.1) is 5.92 Å². The van der Waals surface area contributed by atoms with Crippen molar-refractivity contribution < 1.29 is 19.3 Å². The molecule has 162 valence electrons. The zero-order valence-electron chi connectivity index (χ0n) is 17.9. The molecule has 3 aliphatic rings. The summed E-state index contributed by atoms with van der Waals surface area (Å²) >= 11 is 0. The molecule has 2 aliphatic heterocycles. The number of para-hydroxylation sites is 1. The second-order valence-corrected chi connectivity index (χ2v) is 9.23. The van der Waals surface area contributed by atoms with E-state index in [2.05, 4.69) is 10.2 Å². The lowest BCUT2D eigenvalue weighted by Crippen LogP contribution is -2.49. The number of nitrogens with one attached hydrogen (secondary N) is 1. The van der Waals surface area contributed by atoms with Crippen LogP contribution in [0.3, 0.4) is 0 Å². The van der Waals surface area contributed by atoms with Gasteiger partial charge in [0.25, 0.3) is 0 Å². The van der Waals surface area contributed by atoms with Gasteiger partial charge < -0.3 is 15.0 Å². The Hall–Kier alpha value is -1.70. The summed E-state index contributed by atoms with van der Waals surface area (Å²) in [5.41, 5.74) is 1.40. The van der Waals surface area contributed by atoms with Crippen molar-refractivity contribution in [3.05, 3.63) is 29.3 Å². The number of piperazine rings is 1. The van der Waals surface area contributed by atoms with Gasteiger partial charge in [-0.2, -0.15) is 0 Å². The molecule has 0 unspecified atom stereocenters. The highest BCUT2D eigenvalue weighted by Gasteiger charge is 2.38. The molecule has 6 nitrogen and oxygen atoms in total. The third kappa shape index (κ3) is 4.95. The van der Waals surface area contributed by atoms with Gasteiger partial charge in [-0.3, -0.25) is 14.5 Å². The van der Waals surface area contributed by atoms with Crippen molar-refractivity contribution in [2.45, 2.75) is 63.7 Å². The monoisotopic (exact) mass is 412 g/mol. The van der Waals surface area contributed by atoms with Crippen LogP contribution in [0.1, 0.15) is 61.4 Å². The molecule has 4 rings (SSSR count). The molecule has 1 saturated heterocycles. The van der Waals surface area contributed by atoms with Gasteiger partial charge in [0.05, 0.1) is 5.56 Å². The zero-order chi connectivity index (χ0) is 21.1. The third-order valence-corrected chi connectivity index (χ3v) is 7.09. The van der Waals surface area contributed by atoms with Crippen molar-refractivity contribution >= 4 is 18.7 Å². The number of ketones is 2. The molecule has 1 aliphatic carbocycles. The molecule has 1 aromatic rings. The van der Waals surface area contributed by atoms with Gasteiger partial charge in [0.2, 0.25) is 0 Å². The summed E-state index contributed by atoms with van der Waals surface area (Å²) in [5.74, 6) is 0.844. The number of nitrogens with zero attached hydrogens (tertiary/aromatic N) is 1. The first-order valence-electron chi connectivity index (χ1n) is 11.4. The lowest BCUT2D eigenvalue weighted by Gasteiger charge is -2.39. The normalized spacial score (nSPS) is 27.3. The molecule has 2 N–H and O–H groups in total. The van der Waals surface area contributed by atoms with Crippen LogP contribution in [-0.4, -0.2) is 60.8 Å². The molecule has 0 spiro atoms. The summed E-state index contributed by atoms with van der Waals surface area (Å²) in [5, 5.41) is 13.9. The number of carbonyl (C=O) groups excluding carboxylic acids is 2. The van der Waals surface area contributed by atoms with Crippen molar-refractivity contribution in [1.29, 1.82) is 0 Å². The van der Waals surface area contributed by atoms with Crippen molar-refractivity contribution in [2.24, 2.45) is 5.92 Å². The average Bonchev–Trinajstić information content (AvgIpc) is 2.75. The van der Waals surface area contributed by atoms with Crippen molar-refractivity contribution in [3.8, 4) is 5.75 Å². The van der Waals surface area contributed by atoms with Gasteiger partial charge in [-0.1, -0.05) is 12.1 Å². The van der Waals surface area contributed by atoms with E-state index in [1.165, 1.54) is 19.8 Å².